The Morgan fingerprint density at radius 2 is 1.94 bits per heavy atom. The van der Waals surface area contributed by atoms with E-state index in [0.717, 1.165) is 37.6 Å². The van der Waals surface area contributed by atoms with E-state index in [9.17, 15) is 5.11 Å². The van der Waals surface area contributed by atoms with E-state index in [1.165, 1.54) is 32.4 Å². The topological polar surface area (TPSA) is 49.5 Å². The van der Waals surface area contributed by atoms with Gasteiger partial charge >= 0.3 is 0 Å². The normalized spacial score (nSPS) is 32.6. The first-order valence-electron chi connectivity index (χ1n) is 7.31. The molecule has 3 heteroatoms. The molecule has 0 aromatic heterocycles. The maximum atomic E-state index is 10.1. The van der Waals surface area contributed by atoms with Gasteiger partial charge in [0.05, 0.1) is 5.60 Å². The molecule has 2 fully saturated rings. The monoisotopic (exact) mass is 240 g/mol. The van der Waals surface area contributed by atoms with Crippen LogP contribution in [0.15, 0.2) is 0 Å². The van der Waals surface area contributed by atoms with E-state index < -0.39 is 5.60 Å². The predicted octanol–water partition coefficient (Wildman–Crippen LogP) is 1.60. The number of likely N-dealkylation sites (tertiary alicyclic amines) is 1. The number of nitrogens with zero attached hydrogens (tertiary/aromatic N) is 1. The summed E-state index contributed by atoms with van der Waals surface area (Å²) in [7, 11) is 0. The molecule has 1 aliphatic carbocycles. The van der Waals surface area contributed by atoms with Crippen LogP contribution in [0.1, 0.15) is 45.4 Å². The van der Waals surface area contributed by atoms with Crippen LogP contribution in [0.5, 0.6) is 0 Å². The van der Waals surface area contributed by atoms with Crippen LogP contribution in [-0.4, -0.2) is 41.8 Å². The highest BCUT2D eigenvalue weighted by Crippen LogP contribution is 2.37. The highest BCUT2D eigenvalue weighted by molar-refractivity contribution is 4.88. The lowest BCUT2D eigenvalue weighted by atomic mass is 9.95. The summed E-state index contributed by atoms with van der Waals surface area (Å²) in [6.45, 7) is 6.17. The Kier molecular flexibility index (Phi) is 4.45. The van der Waals surface area contributed by atoms with E-state index in [1.54, 1.807) is 0 Å². The van der Waals surface area contributed by atoms with Crippen LogP contribution in [0.4, 0.5) is 0 Å². The van der Waals surface area contributed by atoms with Gasteiger partial charge in [0, 0.05) is 19.6 Å². The van der Waals surface area contributed by atoms with Gasteiger partial charge in [-0.05, 0) is 50.5 Å². The van der Waals surface area contributed by atoms with Gasteiger partial charge in [0.15, 0.2) is 0 Å². The molecule has 3 nitrogen and oxygen atoms in total. The first-order valence-corrected chi connectivity index (χ1v) is 7.31. The second-order valence-electron chi connectivity index (χ2n) is 6.10. The Labute approximate surface area is 105 Å². The third-order valence-corrected chi connectivity index (χ3v) is 4.96. The van der Waals surface area contributed by atoms with Crippen LogP contribution in [-0.2, 0) is 0 Å². The quantitative estimate of drug-likeness (QED) is 0.741. The van der Waals surface area contributed by atoms with Crippen molar-refractivity contribution in [2.75, 3.05) is 26.2 Å². The highest BCUT2D eigenvalue weighted by atomic mass is 16.3. The smallest absolute Gasteiger partial charge is 0.0767 e. The maximum absolute atomic E-state index is 10.1. The van der Waals surface area contributed by atoms with Crippen LogP contribution >= 0.6 is 0 Å². The summed E-state index contributed by atoms with van der Waals surface area (Å²) in [5.74, 6) is 1.96. The fourth-order valence-corrected chi connectivity index (χ4v) is 3.57. The van der Waals surface area contributed by atoms with Gasteiger partial charge in [0.25, 0.3) is 0 Å². The first kappa shape index (κ1) is 13.3. The molecule has 0 bridgehead atoms. The van der Waals surface area contributed by atoms with Crippen LogP contribution in [0.25, 0.3) is 0 Å². The molecule has 100 valence electrons. The Balaban J connectivity index is 1.66. The minimum Gasteiger partial charge on any atom is -0.389 e. The minimum absolute atomic E-state index is 0.398. The highest BCUT2D eigenvalue weighted by Gasteiger charge is 2.35. The molecular formula is C14H28N2O. The molecule has 1 heterocycles. The van der Waals surface area contributed by atoms with Crippen molar-refractivity contribution in [2.45, 2.75) is 51.0 Å². The summed E-state index contributed by atoms with van der Waals surface area (Å²) >= 11 is 0. The zero-order chi connectivity index (χ0) is 12.3. The van der Waals surface area contributed by atoms with Gasteiger partial charge in [-0.1, -0.05) is 13.3 Å². The first-order chi connectivity index (χ1) is 8.17. The van der Waals surface area contributed by atoms with Crippen molar-refractivity contribution in [1.29, 1.82) is 0 Å². The number of aliphatic hydroxyl groups is 1. The van der Waals surface area contributed by atoms with Crippen molar-refractivity contribution in [3.63, 3.8) is 0 Å². The van der Waals surface area contributed by atoms with E-state index in [4.69, 9.17) is 5.73 Å². The zero-order valence-corrected chi connectivity index (χ0v) is 11.2. The van der Waals surface area contributed by atoms with Gasteiger partial charge < -0.3 is 15.7 Å². The molecule has 3 N–H and O–H groups in total. The van der Waals surface area contributed by atoms with Gasteiger partial charge in [-0.15, -0.1) is 0 Å². The van der Waals surface area contributed by atoms with E-state index in [-0.39, 0.29) is 0 Å². The van der Waals surface area contributed by atoms with Gasteiger partial charge in [-0.3, -0.25) is 0 Å². The summed E-state index contributed by atoms with van der Waals surface area (Å²) in [4.78, 5) is 2.60. The lowest BCUT2D eigenvalue weighted by Gasteiger charge is -2.26. The van der Waals surface area contributed by atoms with Gasteiger partial charge in [-0.2, -0.15) is 0 Å². The van der Waals surface area contributed by atoms with E-state index in [1.807, 2.05) is 6.92 Å². The number of hydrogen-bond donors (Lipinski definition) is 2. The number of hydrogen-bond acceptors (Lipinski definition) is 3. The van der Waals surface area contributed by atoms with Crippen LogP contribution in [0.3, 0.4) is 0 Å². The molecule has 0 aromatic carbocycles. The second-order valence-corrected chi connectivity index (χ2v) is 6.10. The largest absolute Gasteiger partial charge is 0.389 e. The van der Waals surface area contributed by atoms with Crippen molar-refractivity contribution >= 4 is 0 Å². The summed E-state index contributed by atoms with van der Waals surface area (Å²) in [6, 6.07) is 0. The average molecular weight is 240 g/mol. The zero-order valence-electron chi connectivity index (χ0n) is 11.2. The summed E-state index contributed by atoms with van der Waals surface area (Å²) in [5.41, 5.74) is 5.01. The predicted molar refractivity (Wildman–Crippen MR) is 70.8 cm³/mol. The van der Waals surface area contributed by atoms with E-state index in [0.29, 0.717) is 6.54 Å². The number of rotatable bonds is 6. The fourth-order valence-electron chi connectivity index (χ4n) is 3.57. The molecule has 1 aliphatic heterocycles. The lowest BCUT2D eigenvalue weighted by Crippen LogP contribution is -2.37. The molecule has 0 radical (unpaired) electrons. The lowest BCUT2D eigenvalue weighted by molar-refractivity contribution is 0.0320. The molecule has 17 heavy (non-hydrogen) atoms. The molecule has 2 rings (SSSR count). The van der Waals surface area contributed by atoms with Crippen LogP contribution < -0.4 is 5.73 Å². The van der Waals surface area contributed by atoms with Crippen molar-refractivity contribution in [3.05, 3.63) is 0 Å². The Morgan fingerprint density at radius 3 is 2.47 bits per heavy atom. The van der Waals surface area contributed by atoms with Crippen LogP contribution in [0, 0.1) is 11.8 Å². The maximum Gasteiger partial charge on any atom is 0.0767 e. The van der Waals surface area contributed by atoms with Crippen molar-refractivity contribution < 1.29 is 5.11 Å². The SMILES string of the molecule is CCC(O)(CN)CCCN1CC2CCCC2C1. The Hall–Kier alpha value is -0.120. The molecular weight excluding hydrogens is 212 g/mol. The third kappa shape index (κ3) is 3.21. The minimum atomic E-state index is -0.615. The molecule has 3 atom stereocenters. The van der Waals surface area contributed by atoms with Crippen LogP contribution in [0.2, 0.25) is 0 Å². The number of fused-ring (bicyclic) bond motifs is 1. The van der Waals surface area contributed by atoms with Crippen molar-refractivity contribution in [2.24, 2.45) is 17.6 Å². The van der Waals surface area contributed by atoms with Gasteiger partial charge in [0.2, 0.25) is 0 Å². The summed E-state index contributed by atoms with van der Waals surface area (Å²) in [6.07, 6.45) is 7.05. The average Bonchev–Trinajstić information content (AvgIpc) is 2.89. The summed E-state index contributed by atoms with van der Waals surface area (Å²) in [5, 5.41) is 10.1. The second kappa shape index (κ2) is 5.68. The molecule has 1 saturated heterocycles. The van der Waals surface area contributed by atoms with Crippen molar-refractivity contribution in [3.8, 4) is 0 Å². The molecule has 0 spiro atoms. The van der Waals surface area contributed by atoms with E-state index >= 15 is 0 Å². The molecule has 1 saturated carbocycles. The molecule has 2 aliphatic rings. The third-order valence-electron chi connectivity index (χ3n) is 4.96. The number of nitrogens with two attached hydrogens (primary N) is 1. The molecule has 3 unspecified atom stereocenters. The van der Waals surface area contributed by atoms with Gasteiger partial charge in [-0.25, -0.2) is 0 Å². The van der Waals surface area contributed by atoms with E-state index in [2.05, 4.69) is 4.90 Å². The standard InChI is InChI=1S/C14H28N2O/c1-2-14(17,11-15)7-4-8-16-9-12-5-3-6-13(12)10-16/h12-13,17H,2-11,15H2,1H3. The van der Waals surface area contributed by atoms with Crippen molar-refractivity contribution in [1.82, 2.24) is 4.90 Å². The Morgan fingerprint density at radius 1 is 1.29 bits per heavy atom. The molecule has 0 aromatic rings. The molecule has 0 amide bonds. The fraction of sp³-hybridized carbons (Fsp3) is 1.00. The van der Waals surface area contributed by atoms with Gasteiger partial charge in [0.1, 0.15) is 0 Å². The Bertz CT molecular complexity index is 228. The summed E-state index contributed by atoms with van der Waals surface area (Å²) < 4.78 is 0.